The van der Waals surface area contributed by atoms with Gasteiger partial charge in [-0.25, -0.2) is 0 Å². The van der Waals surface area contributed by atoms with Gasteiger partial charge >= 0.3 is 0 Å². The predicted octanol–water partition coefficient (Wildman–Crippen LogP) is 5.44. The summed E-state index contributed by atoms with van der Waals surface area (Å²) in [6, 6.07) is 0. The highest BCUT2D eigenvalue weighted by Gasteiger charge is 2.00. The van der Waals surface area contributed by atoms with Gasteiger partial charge in [-0.3, -0.25) is 4.79 Å². The SMILES string of the molecule is C/C=C\CCCCCCCC(=O)CCCCC. The summed E-state index contributed by atoms with van der Waals surface area (Å²) in [7, 11) is 0. The van der Waals surface area contributed by atoms with Gasteiger partial charge in [0.25, 0.3) is 0 Å². The molecule has 0 heterocycles. The second-order valence-corrected chi connectivity index (χ2v) is 4.87. The molecule has 0 aromatic carbocycles. The zero-order valence-corrected chi connectivity index (χ0v) is 11.8. The lowest BCUT2D eigenvalue weighted by Gasteiger charge is -2.01. The molecule has 100 valence electrons. The average molecular weight is 238 g/mol. The first-order chi connectivity index (χ1) is 8.31. The Bertz CT molecular complexity index is 194. The molecule has 0 unspecified atom stereocenters. The topological polar surface area (TPSA) is 17.1 Å². The Hall–Kier alpha value is -0.590. The minimum absolute atomic E-state index is 0.479. The van der Waals surface area contributed by atoms with Gasteiger partial charge in [-0.05, 0) is 32.6 Å². The quantitative estimate of drug-likeness (QED) is 0.327. The van der Waals surface area contributed by atoms with E-state index in [-0.39, 0.29) is 0 Å². The van der Waals surface area contributed by atoms with Crippen LogP contribution in [0.5, 0.6) is 0 Å². The maximum Gasteiger partial charge on any atom is 0.132 e. The monoisotopic (exact) mass is 238 g/mol. The van der Waals surface area contributed by atoms with Crippen molar-refractivity contribution in [3.05, 3.63) is 12.2 Å². The zero-order chi connectivity index (χ0) is 12.8. The van der Waals surface area contributed by atoms with Gasteiger partial charge in [0.2, 0.25) is 0 Å². The average Bonchev–Trinajstić information content (AvgIpc) is 2.33. The highest BCUT2D eigenvalue weighted by atomic mass is 16.1. The molecular formula is C16H30O. The van der Waals surface area contributed by atoms with Crippen molar-refractivity contribution < 1.29 is 4.79 Å². The smallest absolute Gasteiger partial charge is 0.132 e. The fourth-order valence-electron chi connectivity index (χ4n) is 1.98. The van der Waals surface area contributed by atoms with Crippen LogP contribution in [0.2, 0.25) is 0 Å². The van der Waals surface area contributed by atoms with E-state index in [9.17, 15) is 4.79 Å². The number of rotatable bonds is 12. The number of unbranched alkanes of at least 4 members (excludes halogenated alkanes) is 7. The lowest BCUT2D eigenvalue weighted by atomic mass is 10.0. The van der Waals surface area contributed by atoms with Crippen molar-refractivity contribution in [2.24, 2.45) is 0 Å². The normalized spacial score (nSPS) is 11.2. The van der Waals surface area contributed by atoms with Gasteiger partial charge in [0.05, 0.1) is 0 Å². The third kappa shape index (κ3) is 13.3. The molecule has 1 heteroatoms. The van der Waals surface area contributed by atoms with Crippen molar-refractivity contribution in [1.29, 1.82) is 0 Å². The summed E-state index contributed by atoms with van der Waals surface area (Å²) in [6.07, 6.45) is 17.0. The Morgan fingerprint density at radius 1 is 0.882 bits per heavy atom. The first kappa shape index (κ1) is 16.4. The van der Waals surface area contributed by atoms with Crippen molar-refractivity contribution in [2.75, 3.05) is 0 Å². The largest absolute Gasteiger partial charge is 0.300 e. The Kier molecular flexibility index (Phi) is 13.0. The van der Waals surface area contributed by atoms with Crippen molar-refractivity contribution in [2.45, 2.75) is 84.5 Å². The molecule has 0 atom stereocenters. The third-order valence-corrected chi connectivity index (χ3v) is 3.12. The minimum atomic E-state index is 0.479. The van der Waals surface area contributed by atoms with Gasteiger partial charge in [0, 0.05) is 12.8 Å². The van der Waals surface area contributed by atoms with Crippen LogP contribution in [0, 0.1) is 0 Å². The summed E-state index contributed by atoms with van der Waals surface area (Å²) in [4.78, 5) is 11.5. The van der Waals surface area contributed by atoms with E-state index in [4.69, 9.17) is 0 Å². The van der Waals surface area contributed by atoms with Gasteiger partial charge in [-0.1, -0.05) is 51.2 Å². The van der Waals surface area contributed by atoms with Crippen molar-refractivity contribution >= 4 is 5.78 Å². The maximum absolute atomic E-state index is 11.5. The van der Waals surface area contributed by atoms with Crippen molar-refractivity contribution in [1.82, 2.24) is 0 Å². The van der Waals surface area contributed by atoms with Crippen LogP contribution in [0.3, 0.4) is 0 Å². The van der Waals surface area contributed by atoms with Gasteiger partial charge in [0.1, 0.15) is 5.78 Å². The molecule has 0 spiro atoms. The molecule has 0 N–H and O–H groups in total. The predicted molar refractivity (Wildman–Crippen MR) is 76.3 cm³/mol. The number of hydrogen-bond donors (Lipinski definition) is 0. The third-order valence-electron chi connectivity index (χ3n) is 3.12. The van der Waals surface area contributed by atoms with Crippen molar-refractivity contribution in [3.63, 3.8) is 0 Å². The molecule has 0 aliphatic rings. The molecule has 0 aliphatic heterocycles. The minimum Gasteiger partial charge on any atom is -0.300 e. The zero-order valence-electron chi connectivity index (χ0n) is 11.8. The van der Waals surface area contributed by atoms with Crippen LogP contribution >= 0.6 is 0 Å². The lowest BCUT2D eigenvalue weighted by Crippen LogP contribution is -1.97. The molecule has 0 saturated carbocycles. The van der Waals surface area contributed by atoms with E-state index < -0.39 is 0 Å². The number of carbonyl (C=O) groups excluding carboxylic acids is 1. The summed E-state index contributed by atoms with van der Waals surface area (Å²) in [5, 5.41) is 0. The number of ketones is 1. The van der Waals surface area contributed by atoms with Gasteiger partial charge in [-0.2, -0.15) is 0 Å². The van der Waals surface area contributed by atoms with E-state index in [0.717, 1.165) is 25.7 Å². The van der Waals surface area contributed by atoms with E-state index in [1.165, 1.54) is 44.9 Å². The van der Waals surface area contributed by atoms with Crippen LogP contribution in [-0.4, -0.2) is 5.78 Å². The molecule has 0 amide bonds. The fourth-order valence-corrected chi connectivity index (χ4v) is 1.98. The number of allylic oxidation sites excluding steroid dienone is 2. The molecule has 0 aromatic rings. The first-order valence-corrected chi connectivity index (χ1v) is 7.44. The highest BCUT2D eigenvalue weighted by Crippen LogP contribution is 2.10. The van der Waals surface area contributed by atoms with E-state index in [0.29, 0.717) is 5.78 Å². The maximum atomic E-state index is 11.5. The fraction of sp³-hybridized carbons (Fsp3) is 0.812. The molecule has 0 rings (SSSR count). The number of hydrogen-bond acceptors (Lipinski definition) is 1. The van der Waals surface area contributed by atoms with E-state index in [1.807, 2.05) is 0 Å². The molecular weight excluding hydrogens is 208 g/mol. The molecule has 1 nitrogen and oxygen atoms in total. The van der Waals surface area contributed by atoms with Gasteiger partial charge in [0.15, 0.2) is 0 Å². The number of carbonyl (C=O) groups is 1. The summed E-state index contributed by atoms with van der Waals surface area (Å²) in [5.74, 6) is 0.479. The summed E-state index contributed by atoms with van der Waals surface area (Å²) < 4.78 is 0. The summed E-state index contributed by atoms with van der Waals surface area (Å²) in [6.45, 7) is 4.25. The highest BCUT2D eigenvalue weighted by molar-refractivity contribution is 5.78. The number of Topliss-reactive ketones (excluding diaryl/α,β-unsaturated/α-hetero) is 1. The van der Waals surface area contributed by atoms with E-state index in [2.05, 4.69) is 26.0 Å². The van der Waals surface area contributed by atoms with Crippen LogP contribution in [0.4, 0.5) is 0 Å². The van der Waals surface area contributed by atoms with Crippen LogP contribution < -0.4 is 0 Å². The van der Waals surface area contributed by atoms with Crippen molar-refractivity contribution in [3.8, 4) is 0 Å². The molecule has 0 saturated heterocycles. The van der Waals surface area contributed by atoms with E-state index in [1.54, 1.807) is 0 Å². The molecule has 17 heavy (non-hydrogen) atoms. The molecule has 0 aliphatic carbocycles. The Balaban J connectivity index is 3.13. The molecule has 0 aromatic heterocycles. The Morgan fingerprint density at radius 2 is 1.47 bits per heavy atom. The van der Waals surface area contributed by atoms with Crippen LogP contribution in [0.25, 0.3) is 0 Å². The second-order valence-electron chi connectivity index (χ2n) is 4.87. The molecule has 0 radical (unpaired) electrons. The summed E-state index contributed by atoms with van der Waals surface area (Å²) >= 11 is 0. The molecule has 0 bridgehead atoms. The molecule has 0 fully saturated rings. The van der Waals surface area contributed by atoms with Gasteiger partial charge < -0.3 is 0 Å². The first-order valence-electron chi connectivity index (χ1n) is 7.44. The van der Waals surface area contributed by atoms with Gasteiger partial charge in [-0.15, -0.1) is 0 Å². The summed E-state index contributed by atoms with van der Waals surface area (Å²) in [5.41, 5.74) is 0. The second kappa shape index (κ2) is 13.5. The van der Waals surface area contributed by atoms with Crippen LogP contribution in [-0.2, 0) is 4.79 Å². The van der Waals surface area contributed by atoms with Crippen LogP contribution in [0.1, 0.15) is 84.5 Å². The van der Waals surface area contributed by atoms with Crippen LogP contribution in [0.15, 0.2) is 12.2 Å². The Morgan fingerprint density at radius 3 is 2.12 bits per heavy atom. The Labute approximate surface area is 108 Å². The standard InChI is InChI=1S/C16H30O/c1-3-5-7-8-9-10-11-13-15-16(17)14-12-6-4-2/h3,5H,4,6-15H2,1-2H3/b5-3-. The lowest BCUT2D eigenvalue weighted by molar-refractivity contribution is -0.119. The van der Waals surface area contributed by atoms with E-state index >= 15 is 0 Å².